The Morgan fingerprint density at radius 2 is 0.816 bits per heavy atom. The molecule has 2 atom stereocenters. The first-order valence-electron chi connectivity index (χ1n) is 17.6. The normalized spacial score (nSPS) is 19.6. The fourth-order valence-electron chi connectivity index (χ4n) is 7.95. The van der Waals surface area contributed by atoms with Crippen LogP contribution >= 0.6 is 13.6 Å². The summed E-state index contributed by atoms with van der Waals surface area (Å²) in [6.07, 6.45) is 0. The number of nitrogens with one attached hydrogen (secondary N) is 1. The number of hydrogen-bond acceptors (Lipinski definition) is 2. The van der Waals surface area contributed by atoms with Gasteiger partial charge in [-0.2, -0.15) is 0 Å². The predicted molar refractivity (Wildman–Crippen MR) is 233 cm³/mol. The van der Waals surface area contributed by atoms with E-state index in [9.17, 15) is 0 Å². The minimum atomic E-state index is -1.94. The Hall–Kier alpha value is -3.27. The highest BCUT2D eigenvalue weighted by Crippen LogP contribution is 2.67. The van der Waals surface area contributed by atoms with Crippen molar-refractivity contribution in [2.24, 2.45) is 0 Å². The number of rotatable bonds is 2. The zero-order valence-electron chi connectivity index (χ0n) is 31.2. The molecular formula is C43H52N2P2Si2+2. The highest BCUT2D eigenvalue weighted by atomic mass is 31.4. The van der Waals surface area contributed by atoms with E-state index in [0.29, 0.717) is 0 Å². The smallest absolute Gasteiger partial charge is 0.232 e. The Balaban J connectivity index is 1.73. The van der Waals surface area contributed by atoms with Gasteiger partial charge in [-0.05, 0) is 134 Å². The summed E-state index contributed by atoms with van der Waals surface area (Å²) < 4.78 is 0. The molecule has 0 saturated carbocycles. The van der Waals surface area contributed by atoms with Crippen molar-refractivity contribution in [2.75, 3.05) is 30.6 Å². The molecule has 6 aromatic carbocycles. The fourth-order valence-corrected chi connectivity index (χ4v) is 26.4. The van der Waals surface area contributed by atoms with Crippen LogP contribution in [0.25, 0.3) is 21.5 Å². The van der Waals surface area contributed by atoms with Gasteiger partial charge in [0.15, 0.2) is 0 Å². The van der Waals surface area contributed by atoms with Crippen molar-refractivity contribution in [3.8, 4) is 0 Å². The van der Waals surface area contributed by atoms with E-state index in [4.69, 9.17) is 0 Å². The maximum Gasteiger partial charge on any atom is 0.232 e. The molecule has 0 amide bonds. The van der Waals surface area contributed by atoms with Crippen LogP contribution < -0.4 is 31.4 Å². The summed E-state index contributed by atoms with van der Waals surface area (Å²) in [7, 11) is -1.39. The van der Waals surface area contributed by atoms with E-state index in [0.717, 1.165) is 0 Å². The lowest BCUT2D eigenvalue weighted by Crippen LogP contribution is -2.44. The average molecular weight is 715 g/mol. The van der Waals surface area contributed by atoms with Gasteiger partial charge in [0.2, 0.25) is 15.5 Å². The molecule has 6 heteroatoms. The van der Waals surface area contributed by atoms with Crippen LogP contribution in [0.3, 0.4) is 0 Å². The van der Waals surface area contributed by atoms with Gasteiger partial charge in [-0.1, -0.05) is 60.7 Å². The number of fused-ring (bicyclic) bond motifs is 6. The van der Waals surface area contributed by atoms with E-state index in [-0.39, 0.29) is 0 Å². The van der Waals surface area contributed by atoms with E-state index in [1.54, 1.807) is 0 Å². The van der Waals surface area contributed by atoms with Crippen molar-refractivity contribution in [2.45, 2.75) is 53.1 Å². The van der Waals surface area contributed by atoms with E-state index < -0.39 is 29.1 Å². The SMILES string of the molecule is Cc1ccc2c(c1)Nc1cc(C)ccc1[P+](C)([Si](C)(C)C)c1cc3ccccc3cc1N(C)c1cc3ccccc3cc1[P+]2(C)[Si](C)(C)C. The van der Waals surface area contributed by atoms with Crippen LogP contribution in [0.1, 0.15) is 11.1 Å². The molecule has 0 fully saturated rings. The molecule has 0 radical (unpaired) electrons. The second-order valence-electron chi connectivity index (χ2n) is 16.5. The Bertz CT molecular complexity index is 2110. The van der Waals surface area contributed by atoms with E-state index in [1.807, 2.05) is 0 Å². The Morgan fingerprint density at radius 1 is 0.469 bits per heavy atom. The fraction of sp³-hybridized carbons (Fsp3) is 0.256. The van der Waals surface area contributed by atoms with E-state index >= 15 is 0 Å². The molecule has 2 nitrogen and oxygen atoms in total. The first-order valence-corrected chi connectivity index (χ1v) is 30.7. The molecule has 6 aromatic rings. The molecule has 0 aromatic heterocycles. The van der Waals surface area contributed by atoms with Crippen LogP contribution in [0.15, 0.2) is 109 Å². The predicted octanol–water partition coefficient (Wildman–Crippen LogP) is 11.3. The molecular weight excluding hydrogens is 663 g/mol. The Morgan fingerprint density at radius 3 is 1.16 bits per heavy atom. The standard InChI is InChI=1S/C43H52N2P2Si2/c1-30-20-22-40-36(24-30)44-37-25-31(2)21-23-41(37)47(5,49(9,10)11)43-29-35-19-15-13-17-33(35)27-39(43)45(3)38-26-32-16-12-14-18-34(32)28-42(38)46(40,4)48(6,7)8/h12-29,44H,1-11H3/q+2. The van der Waals surface area contributed by atoms with Gasteiger partial charge in [-0.3, -0.25) is 0 Å². The first-order chi connectivity index (χ1) is 23.0. The van der Waals surface area contributed by atoms with Crippen molar-refractivity contribution < 1.29 is 0 Å². The summed E-state index contributed by atoms with van der Waals surface area (Å²) in [5, 5.41) is 15.5. The van der Waals surface area contributed by atoms with Gasteiger partial charge in [0, 0.05) is 34.0 Å². The van der Waals surface area contributed by atoms with Crippen LogP contribution in [0, 0.1) is 13.8 Å². The van der Waals surface area contributed by atoms with Gasteiger partial charge in [0.25, 0.3) is 0 Å². The van der Waals surface area contributed by atoms with Crippen molar-refractivity contribution >= 4 is 94.6 Å². The topological polar surface area (TPSA) is 15.3 Å². The molecule has 0 aliphatic carbocycles. The third kappa shape index (κ3) is 5.42. The maximum absolute atomic E-state index is 4.23. The Kier molecular flexibility index (Phi) is 8.32. The summed E-state index contributed by atoms with van der Waals surface area (Å²) in [6.45, 7) is 21.5. The van der Waals surface area contributed by atoms with Gasteiger partial charge in [-0.15, -0.1) is 0 Å². The van der Waals surface area contributed by atoms with Crippen LogP contribution in [0.4, 0.5) is 22.7 Å². The lowest BCUT2D eigenvalue weighted by Gasteiger charge is -2.41. The van der Waals surface area contributed by atoms with Gasteiger partial charge in [0.1, 0.15) is 21.2 Å². The monoisotopic (exact) mass is 714 g/mol. The molecule has 0 spiro atoms. The summed E-state index contributed by atoms with van der Waals surface area (Å²) in [4.78, 5) is 2.61. The second kappa shape index (κ2) is 11.9. The molecule has 250 valence electrons. The summed E-state index contributed by atoms with van der Waals surface area (Å²) in [5.41, 5.74) is 7.87. The minimum Gasteiger partial charge on any atom is -0.349 e. The highest BCUT2D eigenvalue weighted by Gasteiger charge is 2.56. The minimum absolute atomic E-state index is 1.29. The van der Waals surface area contributed by atoms with Crippen molar-refractivity contribution in [1.82, 2.24) is 0 Å². The summed E-state index contributed by atoms with van der Waals surface area (Å²) in [6, 6.07) is 42.7. The number of nitrogens with zero attached hydrogens (tertiary/aromatic N) is 1. The number of hydrogen-bond donors (Lipinski definition) is 1. The summed E-state index contributed by atoms with van der Waals surface area (Å²) in [5.74, 6) is 0. The van der Waals surface area contributed by atoms with Crippen molar-refractivity contribution in [1.29, 1.82) is 0 Å². The third-order valence-electron chi connectivity index (χ3n) is 11.6. The molecule has 49 heavy (non-hydrogen) atoms. The molecule has 1 aliphatic heterocycles. The zero-order valence-corrected chi connectivity index (χ0v) is 35.0. The van der Waals surface area contributed by atoms with Gasteiger partial charge >= 0.3 is 0 Å². The van der Waals surface area contributed by atoms with Crippen LogP contribution in [-0.4, -0.2) is 35.9 Å². The van der Waals surface area contributed by atoms with Gasteiger partial charge < -0.3 is 10.2 Å². The Labute approximate surface area is 297 Å². The first kappa shape index (κ1) is 34.2. The maximum atomic E-state index is 4.23. The van der Waals surface area contributed by atoms with E-state index in [2.05, 4.69) is 193 Å². The number of aryl methyl sites for hydroxylation is 2. The van der Waals surface area contributed by atoms with Crippen LogP contribution in [0.2, 0.25) is 39.3 Å². The quantitative estimate of drug-likeness (QED) is 0.142. The molecule has 2 unspecified atom stereocenters. The average Bonchev–Trinajstić information content (AvgIpc) is 3.05. The second-order valence-corrected chi connectivity index (χ2v) is 44.5. The molecule has 7 rings (SSSR count). The van der Waals surface area contributed by atoms with Crippen molar-refractivity contribution in [3.05, 3.63) is 120 Å². The molecule has 0 bridgehead atoms. The van der Waals surface area contributed by atoms with Crippen LogP contribution in [-0.2, 0) is 0 Å². The number of anilines is 4. The number of benzene rings is 6. The zero-order chi connectivity index (χ0) is 35.1. The highest BCUT2D eigenvalue weighted by molar-refractivity contribution is 8.18. The molecule has 0 saturated heterocycles. The van der Waals surface area contributed by atoms with Gasteiger partial charge in [-0.25, -0.2) is 0 Å². The van der Waals surface area contributed by atoms with Crippen molar-refractivity contribution in [3.63, 3.8) is 0 Å². The molecule has 1 heterocycles. The molecule has 1 N–H and O–H groups in total. The van der Waals surface area contributed by atoms with E-state index in [1.165, 1.54) is 76.6 Å². The summed E-state index contributed by atoms with van der Waals surface area (Å²) >= 11 is 0. The van der Waals surface area contributed by atoms with Gasteiger partial charge in [0.05, 0.1) is 22.7 Å². The lowest BCUT2D eigenvalue weighted by atomic mass is 10.1. The lowest BCUT2D eigenvalue weighted by molar-refractivity contribution is 1.23. The largest absolute Gasteiger partial charge is 0.349 e. The molecule has 1 aliphatic rings. The third-order valence-corrected chi connectivity index (χ3v) is 41.3. The van der Waals surface area contributed by atoms with Crippen LogP contribution in [0.5, 0.6) is 0 Å².